The first kappa shape index (κ1) is 19.8. The zero-order valence-electron chi connectivity index (χ0n) is 15.9. The standard InChI is InChI=1S/C21H18ClN5O3/c22-17-7-6-15(13-19(17)27(29)30)21(28)23-16-5-3-4-14(12-16)18-8-9-20(25-24-18)26-10-1-2-11-26/h3-9,12-13H,1-2,10-11H2,(H,23,28). The number of nitro groups is 1. The van der Waals surface area contributed by atoms with Gasteiger partial charge in [-0.25, -0.2) is 0 Å². The number of nitrogens with zero attached hydrogens (tertiary/aromatic N) is 4. The van der Waals surface area contributed by atoms with Crippen molar-refractivity contribution in [3.05, 3.63) is 75.3 Å². The molecule has 1 aliphatic rings. The van der Waals surface area contributed by atoms with Gasteiger partial charge in [0.05, 0.1) is 10.6 Å². The van der Waals surface area contributed by atoms with Gasteiger partial charge in [0, 0.05) is 36.0 Å². The predicted octanol–water partition coefficient (Wildman–Crippen LogP) is 4.56. The lowest BCUT2D eigenvalue weighted by Crippen LogP contribution is -2.19. The van der Waals surface area contributed by atoms with E-state index in [1.165, 1.54) is 25.0 Å². The molecular weight excluding hydrogens is 406 g/mol. The molecule has 8 nitrogen and oxygen atoms in total. The van der Waals surface area contributed by atoms with Crippen LogP contribution in [0.3, 0.4) is 0 Å². The second-order valence-electron chi connectivity index (χ2n) is 6.93. The number of aromatic nitrogens is 2. The molecule has 3 aromatic rings. The van der Waals surface area contributed by atoms with Crippen LogP contribution in [0.4, 0.5) is 17.2 Å². The molecule has 0 spiro atoms. The van der Waals surface area contributed by atoms with Gasteiger partial charge in [-0.3, -0.25) is 14.9 Å². The van der Waals surface area contributed by atoms with Crippen LogP contribution in [-0.4, -0.2) is 34.1 Å². The Morgan fingerprint density at radius 1 is 1.07 bits per heavy atom. The summed E-state index contributed by atoms with van der Waals surface area (Å²) in [5.41, 5.74) is 1.87. The minimum absolute atomic E-state index is 0.0190. The smallest absolute Gasteiger partial charge is 0.288 e. The molecule has 2 heterocycles. The van der Waals surface area contributed by atoms with Gasteiger partial charge in [0.1, 0.15) is 5.02 Å². The van der Waals surface area contributed by atoms with E-state index in [1.54, 1.807) is 18.2 Å². The fraction of sp³-hybridized carbons (Fsp3) is 0.190. The number of hydrogen-bond acceptors (Lipinski definition) is 6. The van der Waals surface area contributed by atoms with Crippen molar-refractivity contribution in [2.24, 2.45) is 0 Å². The number of hydrogen-bond donors (Lipinski definition) is 1. The maximum Gasteiger partial charge on any atom is 0.288 e. The quantitative estimate of drug-likeness (QED) is 0.477. The van der Waals surface area contributed by atoms with Crippen molar-refractivity contribution in [1.82, 2.24) is 10.2 Å². The first-order valence-corrected chi connectivity index (χ1v) is 9.83. The fourth-order valence-electron chi connectivity index (χ4n) is 3.35. The molecule has 0 atom stereocenters. The third kappa shape index (κ3) is 4.23. The normalized spacial score (nSPS) is 13.3. The van der Waals surface area contributed by atoms with Gasteiger partial charge in [0.15, 0.2) is 5.82 Å². The molecule has 0 unspecified atom stereocenters. The molecule has 2 aromatic carbocycles. The number of carbonyl (C=O) groups is 1. The Kier molecular flexibility index (Phi) is 5.58. The summed E-state index contributed by atoms with van der Waals surface area (Å²) in [4.78, 5) is 25.2. The Morgan fingerprint density at radius 2 is 1.87 bits per heavy atom. The number of carbonyl (C=O) groups excluding carboxylic acids is 1. The number of benzene rings is 2. The van der Waals surface area contributed by atoms with Crippen molar-refractivity contribution in [3.8, 4) is 11.3 Å². The van der Waals surface area contributed by atoms with Crippen LogP contribution in [0.2, 0.25) is 5.02 Å². The minimum Gasteiger partial charge on any atom is -0.355 e. The molecule has 30 heavy (non-hydrogen) atoms. The third-order valence-electron chi connectivity index (χ3n) is 4.90. The fourth-order valence-corrected chi connectivity index (χ4v) is 3.53. The average Bonchev–Trinajstić information content (AvgIpc) is 3.29. The van der Waals surface area contributed by atoms with Gasteiger partial charge >= 0.3 is 0 Å². The number of nitro benzene ring substituents is 1. The topological polar surface area (TPSA) is 101 Å². The highest BCUT2D eigenvalue weighted by Crippen LogP contribution is 2.26. The average molecular weight is 424 g/mol. The lowest BCUT2D eigenvalue weighted by molar-refractivity contribution is -0.384. The summed E-state index contributed by atoms with van der Waals surface area (Å²) in [5, 5.41) is 22.4. The summed E-state index contributed by atoms with van der Waals surface area (Å²) in [7, 11) is 0. The van der Waals surface area contributed by atoms with Crippen molar-refractivity contribution in [2.75, 3.05) is 23.3 Å². The summed E-state index contributed by atoms with van der Waals surface area (Å²) in [6, 6.07) is 15.0. The molecule has 1 fully saturated rings. The second kappa shape index (κ2) is 8.46. The first-order valence-electron chi connectivity index (χ1n) is 9.46. The van der Waals surface area contributed by atoms with Crippen molar-refractivity contribution < 1.29 is 9.72 Å². The summed E-state index contributed by atoms with van der Waals surface area (Å²) in [6.07, 6.45) is 2.34. The number of halogens is 1. The zero-order valence-corrected chi connectivity index (χ0v) is 16.7. The lowest BCUT2D eigenvalue weighted by atomic mass is 10.1. The molecule has 1 aliphatic heterocycles. The van der Waals surface area contributed by atoms with E-state index < -0.39 is 10.8 Å². The molecule has 0 radical (unpaired) electrons. The monoisotopic (exact) mass is 423 g/mol. The van der Waals surface area contributed by atoms with E-state index in [4.69, 9.17) is 11.6 Å². The maximum absolute atomic E-state index is 12.5. The molecule has 1 N–H and O–H groups in total. The second-order valence-corrected chi connectivity index (χ2v) is 7.34. The van der Waals surface area contributed by atoms with Crippen molar-refractivity contribution in [3.63, 3.8) is 0 Å². The van der Waals surface area contributed by atoms with E-state index in [1.807, 2.05) is 18.2 Å². The van der Waals surface area contributed by atoms with Crippen LogP contribution in [0.25, 0.3) is 11.3 Å². The van der Waals surface area contributed by atoms with Gasteiger partial charge < -0.3 is 10.2 Å². The maximum atomic E-state index is 12.5. The SMILES string of the molecule is O=C(Nc1cccc(-c2ccc(N3CCCC3)nn2)c1)c1ccc(Cl)c([N+](=O)[O-])c1. The summed E-state index contributed by atoms with van der Waals surface area (Å²) >= 11 is 5.81. The predicted molar refractivity (Wildman–Crippen MR) is 115 cm³/mol. The Bertz CT molecular complexity index is 1100. The van der Waals surface area contributed by atoms with Gasteiger partial charge in [-0.15, -0.1) is 10.2 Å². The number of amides is 1. The van der Waals surface area contributed by atoms with Gasteiger partial charge in [0.2, 0.25) is 0 Å². The highest BCUT2D eigenvalue weighted by Gasteiger charge is 2.17. The molecule has 9 heteroatoms. The van der Waals surface area contributed by atoms with E-state index in [0.717, 1.165) is 30.5 Å². The van der Waals surface area contributed by atoms with Gasteiger partial charge in [-0.1, -0.05) is 23.7 Å². The highest BCUT2D eigenvalue weighted by molar-refractivity contribution is 6.32. The lowest BCUT2D eigenvalue weighted by Gasteiger charge is -2.15. The van der Waals surface area contributed by atoms with E-state index >= 15 is 0 Å². The first-order chi connectivity index (χ1) is 14.5. The van der Waals surface area contributed by atoms with Crippen LogP contribution < -0.4 is 10.2 Å². The summed E-state index contributed by atoms with van der Waals surface area (Å²) < 4.78 is 0. The Balaban J connectivity index is 1.51. The van der Waals surface area contributed by atoms with E-state index in [0.29, 0.717) is 11.4 Å². The van der Waals surface area contributed by atoms with Crippen LogP contribution in [0.15, 0.2) is 54.6 Å². The van der Waals surface area contributed by atoms with E-state index in [2.05, 4.69) is 20.4 Å². The molecule has 1 aromatic heterocycles. The van der Waals surface area contributed by atoms with Crippen molar-refractivity contribution in [2.45, 2.75) is 12.8 Å². The Hall–Kier alpha value is -3.52. The Morgan fingerprint density at radius 3 is 2.57 bits per heavy atom. The molecular formula is C21H18ClN5O3. The molecule has 4 rings (SSSR count). The molecule has 0 saturated carbocycles. The van der Waals surface area contributed by atoms with E-state index in [9.17, 15) is 14.9 Å². The molecule has 1 saturated heterocycles. The minimum atomic E-state index is -0.621. The molecule has 152 valence electrons. The van der Waals surface area contributed by atoms with Gasteiger partial charge in [-0.05, 0) is 49.2 Å². The number of nitrogens with one attached hydrogen (secondary N) is 1. The highest BCUT2D eigenvalue weighted by atomic mass is 35.5. The summed E-state index contributed by atoms with van der Waals surface area (Å²) in [5.74, 6) is 0.396. The molecule has 1 amide bonds. The third-order valence-corrected chi connectivity index (χ3v) is 5.22. The Labute approximate surface area is 177 Å². The van der Waals surface area contributed by atoms with Crippen molar-refractivity contribution >= 4 is 34.7 Å². The number of rotatable bonds is 5. The van der Waals surface area contributed by atoms with Crippen LogP contribution in [0.5, 0.6) is 0 Å². The van der Waals surface area contributed by atoms with Crippen LogP contribution >= 0.6 is 11.6 Å². The summed E-state index contributed by atoms with van der Waals surface area (Å²) in [6.45, 7) is 2.00. The largest absolute Gasteiger partial charge is 0.355 e. The van der Waals surface area contributed by atoms with Crippen LogP contribution in [-0.2, 0) is 0 Å². The number of anilines is 2. The van der Waals surface area contributed by atoms with Crippen molar-refractivity contribution in [1.29, 1.82) is 0 Å². The molecule has 0 aliphatic carbocycles. The van der Waals surface area contributed by atoms with Crippen LogP contribution in [0, 0.1) is 10.1 Å². The van der Waals surface area contributed by atoms with Crippen LogP contribution in [0.1, 0.15) is 23.2 Å². The zero-order chi connectivity index (χ0) is 21.1. The van der Waals surface area contributed by atoms with Gasteiger partial charge in [-0.2, -0.15) is 0 Å². The van der Waals surface area contributed by atoms with E-state index in [-0.39, 0.29) is 16.3 Å². The van der Waals surface area contributed by atoms with Gasteiger partial charge in [0.25, 0.3) is 11.6 Å². The molecule has 0 bridgehead atoms.